The van der Waals surface area contributed by atoms with Gasteiger partial charge in [-0.15, -0.1) is 0 Å². The third kappa shape index (κ3) is 4.70. The quantitative estimate of drug-likeness (QED) is 0.294. The lowest BCUT2D eigenvalue weighted by Gasteiger charge is -2.11. The molecule has 6 nitrogen and oxygen atoms in total. The standard InChI is InChI=1S/C24H19Cl2N3O3/c1-14-10-17(15(2)29(14)19-7-4-6-16(12-19)24(31)32-3)11-18(13-27)23(30)28-21-9-5-8-20(25)22(21)26/h4-12H,1-3H3,(H,28,30)/b18-11-. The number of aryl methyl sites for hydroxylation is 1. The Morgan fingerprint density at radius 2 is 1.84 bits per heavy atom. The number of hydrogen-bond acceptors (Lipinski definition) is 4. The lowest BCUT2D eigenvalue weighted by molar-refractivity contribution is -0.112. The Labute approximate surface area is 195 Å². The predicted molar refractivity (Wildman–Crippen MR) is 125 cm³/mol. The summed E-state index contributed by atoms with van der Waals surface area (Å²) in [6, 6.07) is 15.7. The van der Waals surface area contributed by atoms with E-state index in [0.29, 0.717) is 21.8 Å². The molecule has 0 saturated heterocycles. The van der Waals surface area contributed by atoms with E-state index in [-0.39, 0.29) is 10.6 Å². The maximum atomic E-state index is 12.7. The summed E-state index contributed by atoms with van der Waals surface area (Å²) in [5.74, 6) is -1.04. The lowest BCUT2D eigenvalue weighted by Crippen LogP contribution is -2.13. The Bertz CT molecular complexity index is 1290. The molecule has 2 aromatic carbocycles. The highest BCUT2D eigenvalue weighted by Crippen LogP contribution is 2.30. The minimum absolute atomic E-state index is 0.0930. The molecule has 3 aromatic rings. The summed E-state index contributed by atoms with van der Waals surface area (Å²) in [7, 11) is 1.33. The molecule has 1 heterocycles. The smallest absolute Gasteiger partial charge is 0.337 e. The van der Waals surface area contributed by atoms with Gasteiger partial charge < -0.3 is 14.6 Å². The molecule has 0 saturated carbocycles. The van der Waals surface area contributed by atoms with Crippen LogP contribution < -0.4 is 5.32 Å². The van der Waals surface area contributed by atoms with Crippen molar-refractivity contribution in [3.8, 4) is 11.8 Å². The van der Waals surface area contributed by atoms with Crippen molar-refractivity contribution >= 4 is 46.8 Å². The highest BCUT2D eigenvalue weighted by atomic mass is 35.5. The number of ether oxygens (including phenoxy) is 1. The third-order valence-electron chi connectivity index (χ3n) is 4.86. The van der Waals surface area contributed by atoms with Gasteiger partial charge in [0.05, 0.1) is 28.4 Å². The number of nitrogens with zero attached hydrogens (tertiary/aromatic N) is 2. The fraction of sp³-hybridized carbons (Fsp3) is 0.125. The second kappa shape index (κ2) is 9.73. The van der Waals surface area contributed by atoms with Gasteiger partial charge in [0.2, 0.25) is 0 Å². The van der Waals surface area contributed by atoms with Crippen LogP contribution in [0.2, 0.25) is 10.0 Å². The summed E-state index contributed by atoms with van der Waals surface area (Å²) >= 11 is 12.1. The van der Waals surface area contributed by atoms with Crippen LogP contribution in [0, 0.1) is 25.2 Å². The average molecular weight is 468 g/mol. The molecule has 1 N–H and O–H groups in total. The van der Waals surface area contributed by atoms with Crippen LogP contribution in [0.15, 0.2) is 54.1 Å². The normalized spacial score (nSPS) is 11.1. The molecular formula is C24H19Cl2N3O3. The number of benzene rings is 2. The number of nitrogens with one attached hydrogen (secondary N) is 1. The highest BCUT2D eigenvalue weighted by molar-refractivity contribution is 6.44. The first-order valence-corrected chi connectivity index (χ1v) is 10.3. The second-order valence-corrected chi connectivity index (χ2v) is 7.71. The van der Waals surface area contributed by atoms with Gasteiger partial charge in [-0.05, 0) is 61.9 Å². The number of nitriles is 1. The molecule has 1 amide bonds. The molecule has 0 aliphatic carbocycles. The molecule has 0 aliphatic rings. The number of anilines is 1. The summed E-state index contributed by atoms with van der Waals surface area (Å²) in [5, 5.41) is 12.7. The maximum Gasteiger partial charge on any atom is 0.337 e. The van der Waals surface area contributed by atoms with Crippen molar-refractivity contribution in [1.29, 1.82) is 5.26 Å². The molecule has 8 heteroatoms. The zero-order valence-electron chi connectivity index (χ0n) is 17.6. The van der Waals surface area contributed by atoms with E-state index in [2.05, 4.69) is 5.32 Å². The van der Waals surface area contributed by atoms with Gasteiger partial charge in [-0.2, -0.15) is 5.26 Å². The molecule has 32 heavy (non-hydrogen) atoms. The third-order valence-corrected chi connectivity index (χ3v) is 5.68. The molecular weight excluding hydrogens is 449 g/mol. The van der Waals surface area contributed by atoms with Crippen LogP contribution in [-0.4, -0.2) is 23.6 Å². The Hall–Kier alpha value is -3.53. The lowest BCUT2D eigenvalue weighted by atomic mass is 10.1. The van der Waals surface area contributed by atoms with Crippen LogP contribution >= 0.6 is 23.2 Å². The van der Waals surface area contributed by atoms with Gasteiger partial charge in [-0.25, -0.2) is 4.79 Å². The van der Waals surface area contributed by atoms with Crippen LogP contribution in [0.4, 0.5) is 5.69 Å². The summed E-state index contributed by atoms with van der Waals surface area (Å²) in [6.45, 7) is 3.76. The molecule has 1 aromatic heterocycles. The Morgan fingerprint density at radius 3 is 2.53 bits per heavy atom. The van der Waals surface area contributed by atoms with Crippen LogP contribution in [-0.2, 0) is 9.53 Å². The Balaban J connectivity index is 1.96. The summed E-state index contributed by atoms with van der Waals surface area (Å²) < 4.78 is 6.72. The van der Waals surface area contributed by atoms with E-state index >= 15 is 0 Å². The number of rotatable bonds is 5. The van der Waals surface area contributed by atoms with Gasteiger partial charge in [-0.1, -0.05) is 35.3 Å². The van der Waals surface area contributed by atoms with E-state index < -0.39 is 11.9 Å². The molecule has 162 valence electrons. The first kappa shape index (κ1) is 23.1. The summed E-state index contributed by atoms with van der Waals surface area (Å²) in [5.41, 5.74) is 3.76. The van der Waals surface area contributed by atoms with Crippen molar-refractivity contribution in [3.63, 3.8) is 0 Å². The predicted octanol–water partition coefficient (Wildman–Crippen LogP) is 5.73. The SMILES string of the molecule is COC(=O)c1cccc(-n2c(C)cc(/C=C(/C#N)C(=O)Nc3cccc(Cl)c3Cl)c2C)c1. The van der Waals surface area contributed by atoms with Gasteiger partial charge in [0, 0.05) is 17.1 Å². The van der Waals surface area contributed by atoms with E-state index in [9.17, 15) is 14.9 Å². The molecule has 0 atom stereocenters. The minimum Gasteiger partial charge on any atom is -0.465 e. The van der Waals surface area contributed by atoms with Crippen LogP contribution in [0.3, 0.4) is 0 Å². The van der Waals surface area contributed by atoms with E-state index in [1.165, 1.54) is 13.2 Å². The largest absolute Gasteiger partial charge is 0.465 e. The van der Waals surface area contributed by atoms with Crippen molar-refractivity contribution in [2.24, 2.45) is 0 Å². The molecule has 3 rings (SSSR count). The average Bonchev–Trinajstić information content (AvgIpc) is 3.07. The molecule has 0 unspecified atom stereocenters. The van der Waals surface area contributed by atoms with Crippen molar-refractivity contribution in [2.45, 2.75) is 13.8 Å². The van der Waals surface area contributed by atoms with E-state index in [1.807, 2.05) is 36.6 Å². The number of carbonyl (C=O) groups is 2. The monoisotopic (exact) mass is 467 g/mol. The van der Waals surface area contributed by atoms with Crippen molar-refractivity contribution in [2.75, 3.05) is 12.4 Å². The van der Waals surface area contributed by atoms with E-state index in [1.54, 1.807) is 36.4 Å². The number of esters is 1. The minimum atomic E-state index is -0.603. The number of carbonyl (C=O) groups excluding carboxylic acids is 2. The number of hydrogen-bond donors (Lipinski definition) is 1. The first-order valence-electron chi connectivity index (χ1n) is 9.51. The molecule has 0 spiro atoms. The van der Waals surface area contributed by atoms with Crippen LogP contribution in [0.1, 0.15) is 27.3 Å². The topological polar surface area (TPSA) is 84.1 Å². The second-order valence-electron chi connectivity index (χ2n) is 6.93. The summed E-state index contributed by atoms with van der Waals surface area (Å²) in [4.78, 5) is 24.6. The number of aromatic nitrogens is 1. The Morgan fingerprint density at radius 1 is 1.12 bits per heavy atom. The maximum absolute atomic E-state index is 12.7. The van der Waals surface area contributed by atoms with Gasteiger partial charge in [0.1, 0.15) is 11.6 Å². The first-order chi connectivity index (χ1) is 15.3. The zero-order valence-corrected chi connectivity index (χ0v) is 19.1. The number of amides is 1. The van der Waals surface area contributed by atoms with Gasteiger partial charge in [0.15, 0.2) is 0 Å². The fourth-order valence-electron chi connectivity index (χ4n) is 3.31. The molecule has 0 bridgehead atoms. The Kier molecular flexibility index (Phi) is 7.04. The fourth-order valence-corrected chi connectivity index (χ4v) is 3.66. The number of halogens is 2. The van der Waals surface area contributed by atoms with Crippen LogP contribution in [0.5, 0.6) is 0 Å². The number of methoxy groups -OCH3 is 1. The highest BCUT2D eigenvalue weighted by Gasteiger charge is 2.16. The zero-order chi connectivity index (χ0) is 23.4. The molecule has 0 aliphatic heterocycles. The van der Waals surface area contributed by atoms with Crippen molar-refractivity contribution < 1.29 is 14.3 Å². The van der Waals surface area contributed by atoms with Crippen molar-refractivity contribution in [3.05, 3.63) is 86.7 Å². The van der Waals surface area contributed by atoms with Gasteiger partial charge in [0.25, 0.3) is 5.91 Å². The van der Waals surface area contributed by atoms with Gasteiger partial charge in [-0.3, -0.25) is 4.79 Å². The van der Waals surface area contributed by atoms with Gasteiger partial charge >= 0.3 is 5.97 Å². The summed E-state index contributed by atoms with van der Waals surface area (Å²) in [6.07, 6.45) is 1.51. The van der Waals surface area contributed by atoms with E-state index in [4.69, 9.17) is 27.9 Å². The van der Waals surface area contributed by atoms with Crippen molar-refractivity contribution in [1.82, 2.24) is 4.57 Å². The molecule has 0 radical (unpaired) electrons. The van der Waals surface area contributed by atoms with E-state index in [0.717, 1.165) is 17.1 Å². The molecule has 0 fully saturated rings. The van der Waals surface area contributed by atoms with Crippen LogP contribution in [0.25, 0.3) is 11.8 Å².